The van der Waals surface area contributed by atoms with Gasteiger partial charge in [0.25, 0.3) is 0 Å². The summed E-state index contributed by atoms with van der Waals surface area (Å²) in [6.45, 7) is 10.6. The third-order valence-corrected chi connectivity index (χ3v) is 5.64. The fourth-order valence-electron chi connectivity index (χ4n) is 3.62. The van der Waals surface area contributed by atoms with Crippen LogP contribution in [0.3, 0.4) is 0 Å². The number of halogens is 1. The van der Waals surface area contributed by atoms with Crippen LogP contribution in [0.15, 0.2) is 53.5 Å². The summed E-state index contributed by atoms with van der Waals surface area (Å²) in [6, 6.07) is 17.0. The van der Waals surface area contributed by atoms with Crippen LogP contribution >= 0.6 is 24.0 Å². The van der Waals surface area contributed by atoms with Gasteiger partial charge in [0.05, 0.1) is 7.11 Å². The Hall–Kier alpha value is -1.84. The van der Waals surface area contributed by atoms with E-state index in [0.29, 0.717) is 6.54 Å². The van der Waals surface area contributed by atoms with Gasteiger partial charge in [-0.25, -0.2) is 0 Å². The number of nitrogens with one attached hydrogen (secondary N) is 2. The van der Waals surface area contributed by atoms with E-state index in [1.54, 1.807) is 14.2 Å². The molecule has 1 fully saturated rings. The molecule has 31 heavy (non-hydrogen) atoms. The van der Waals surface area contributed by atoms with Gasteiger partial charge in [0, 0.05) is 52.9 Å². The van der Waals surface area contributed by atoms with Gasteiger partial charge in [-0.15, -0.1) is 24.0 Å². The number of guanidine groups is 1. The topological polar surface area (TPSA) is 52.1 Å². The van der Waals surface area contributed by atoms with E-state index in [9.17, 15) is 0 Å². The Morgan fingerprint density at radius 1 is 0.839 bits per heavy atom. The molecule has 0 aliphatic carbocycles. The Labute approximate surface area is 204 Å². The van der Waals surface area contributed by atoms with Crippen LogP contribution in [0, 0.1) is 0 Å². The number of hydrogen-bond acceptors (Lipinski definition) is 4. The van der Waals surface area contributed by atoms with Gasteiger partial charge in [0.2, 0.25) is 0 Å². The molecule has 7 heteroatoms. The molecule has 0 atom stereocenters. The molecule has 2 aromatic rings. The van der Waals surface area contributed by atoms with E-state index in [-0.39, 0.29) is 24.0 Å². The highest BCUT2D eigenvalue weighted by atomic mass is 127. The van der Waals surface area contributed by atoms with Crippen molar-refractivity contribution in [3.63, 3.8) is 0 Å². The Bertz CT molecular complexity index is 787. The molecule has 1 aliphatic rings. The number of methoxy groups -OCH3 is 1. The maximum Gasteiger partial charge on any atom is 0.191 e. The number of nitrogens with zero attached hydrogens (tertiary/aromatic N) is 3. The van der Waals surface area contributed by atoms with Crippen molar-refractivity contribution >= 4 is 29.9 Å². The third-order valence-electron chi connectivity index (χ3n) is 5.64. The van der Waals surface area contributed by atoms with Crippen molar-refractivity contribution in [2.45, 2.75) is 26.6 Å². The minimum atomic E-state index is 0. The molecule has 0 aromatic heterocycles. The number of rotatable bonds is 8. The standard InChI is InChI=1S/C24H35N5O.HI/c1-4-28-13-15-29(16-14-28)19-22-7-5-20(6-8-22)17-26-24(25-2)27-18-21-9-11-23(30-3)12-10-21;/h5-12H,4,13-19H2,1-3H3,(H2,25,26,27);1H. The van der Waals surface area contributed by atoms with Crippen LogP contribution in [0.5, 0.6) is 5.75 Å². The summed E-state index contributed by atoms with van der Waals surface area (Å²) < 4.78 is 5.20. The lowest BCUT2D eigenvalue weighted by Gasteiger charge is -2.34. The maximum absolute atomic E-state index is 5.20. The van der Waals surface area contributed by atoms with Crippen molar-refractivity contribution in [2.75, 3.05) is 46.9 Å². The monoisotopic (exact) mass is 537 g/mol. The molecule has 0 saturated carbocycles. The highest BCUT2D eigenvalue weighted by Gasteiger charge is 2.15. The molecule has 0 radical (unpaired) electrons. The lowest BCUT2D eigenvalue weighted by atomic mass is 10.1. The molecule has 2 N–H and O–H groups in total. The van der Waals surface area contributed by atoms with E-state index >= 15 is 0 Å². The van der Waals surface area contributed by atoms with Crippen molar-refractivity contribution in [3.8, 4) is 5.75 Å². The molecule has 0 spiro atoms. The molecule has 0 unspecified atom stereocenters. The lowest BCUT2D eigenvalue weighted by Crippen LogP contribution is -2.45. The maximum atomic E-state index is 5.20. The average Bonchev–Trinajstić information content (AvgIpc) is 2.81. The minimum absolute atomic E-state index is 0. The average molecular weight is 537 g/mol. The van der Waals surface area contributed by atoms with Crippen LogP contribution in [-0.2, 0) is 19.6 Å². The third kappa shape index (κ3) is 8.31. The van der Waals surface area contributed by atoms with Crippen molar-refractivity contribution in [2.24, 2.45) is 4.99 Å². The number of benzene rings is 2. The second-order valence-electron chi connectivity index (χ2n) is 7.65. The zero-order chi connectivity index (χ0) is 21.2. The van der Waals surface area contributed by atoms with E-state index in [4.69, 9.17) is 4.74 Å². The summed E-state index contributed by atoms with van der Waals surface area (Å²) in [7, 11) is 3.48. The van der Waals surface area contributed by atoms with Crippen LogP contribution in [0.2, 0.25) is 0 Å². The summed E-state index contributed by atoms with van der Waals surface area (Å²) in [5.74, 6) is 1.66. The second-order valence-corrected chi connectivity index (χ2v) is 7.65. The Kier molecular flexibility index (Phi) is 11.1. The molecule has 1 heterocycles. The number of likely N-dealkylation sites (N-methyl/N-ethyl adjacent to an activating group) is 1. The first-order valence-corrected chi connectivity index (χ1v) is 10.8. The molecule has 1 saturated heterocycles. The fraction of sp³-hybridized carbons (Fsp3) is 0.458. The first-order valence-electron chi connectivity index (χ1n) is 10.8. The summed E-state index contributed by atoms with van der Waals surface area (Å²) in [5, 5.41) is 6.74. The predicted molar refractivity (Wildman–Crippen MR) is 139 cm³/mol. The van der Waals surface area contributed by atoms with Gasteiger partial charge in [0.1, 0.15) is 5.75 Å². The summed E-state index contributed by atoms with van der Waals surface area (Å²) in [6.07, 6.45) is 0. The predicted octanol–water partition coefficient (Wildman–Crippen LogP) is 3.32. The first-order chi connectivity index (χ1) is 14.7. The van der Waals surface area contributed by atoms with Crippen molar-refractivity contribution < 1.29 is 4.74 Å². The normalized spacial score (nSPS) is 15.3. The van der Waals surface area contributed by atoms with Gasteiger partial charge in [-0.05, 0) is 35.4 Å². The van der Waals surface area contributed by atoms with Gasteiger partial charge in [-0.2, -0.15) is 0 Å². The summed E-state index contributed by atoms with van der Waals surface area (Å²) in [4.78, 5) is 9.38. The smallest absolute Gasteiger partial charge is 0.191 e. The van der Waals surface area contributed by atoms with Crippen LogP contribution in [0.1, 0.15) is 23.6 Å². The number of ether oxygens (including phenoxy) is 1. The first kappa shape index (κ1) is 25.4. The van der Waals surface area contributed by atoms with Gasteiger partial charge in [0.15, 0.2) is 5.96 Å². The van der Waals surface area contributed by atoms with Gasteiger partial charge in [-0.3, -0.25) is 9.89 Å². The summed E-state index contributed by atoms with van der Waals surface area (Å²) >= 11 is 0. The number of piperazine rings is 1. The van der Waals surface area contributed by atoms with E-state index in [0.717, 1.165) is 44.4 Å². The molecular formula is C24H36IN5O. The van der Waals surface area contributed by atoms with Gasteiger partial charge < -0.3 is 20.3 Å². The molecule has 2 aromatic carbocycles. The van der Waals surface area contributed by atoms with Crippen molar-refractivity contribution in [1.82, 2.24) is 20.4 Å². The van der Waals surface area contributed by atoms with E-state index in [1.807, 2.05) is 12.1 Å². The van der Waals surface area contributed by atoms with Crippen LogP contribution in [0.4, 0.5) is 0 Å². The molecule has 1 aliphatic heterocycles. The molecule has 0 bridgehead atoms. The molecule has 170 valence electrons. The minimum Gasteiger partial charge on any atom is -0.497 e. The van der Waals surface area contributed by atoms with E-state index in [1.165, 1.54) is 29.8 Å². The molecular weight excluding hydrogens is 501 g/mol. The van der Waals surface area contributed by atoms with E-state index in [2.05, 4.69) is 68.7 Å². The van der Waals surface area contributed by atoms with E-state index < -0.39 is 0 Å². The summed E-state index contributed by atoms with van der Waals surface area (Å²) in [5.41, 5.74) is 3.82. The van der Waals surface area contributed by atoms with Crippen LogP contribution < -0.4 is 15.4 Å². The number of aliphatic imine (C=N–C) groups is 1. The highest BCUT2D eigenvalue weighted by molar-refractivity contribution is 14.0. The Morgan fingerprint density at radius 2 is 1.32 bits per heavy atom. The second kappa shape index (κ2) is 13.5. The highest BCUT2D eigenvalue weighted by Crippen LogP contribution is 2.12. The zero-order valence-corrected chi connectivity index (χ0v) is 21.3. The van der Waals surface area contributed by atoms with Crippen LogP contribution in [-0.4, -0.2) is 62.6 Å². The van der Waals surface area contributed by atoms with Gasteiger partial charge >= 0.3 is 0 Å². The quantitative estimate of drug-likeness (QED) is 0.308. The lowest BCUT2D eigenvalue weighted by molar-refractivity contribution is 0.132. The molecule has 6 nitrogen and oxygen atoms in total. The Balaban J connectivity index is 0.00000341. The SMILES string of the molecule is CCN1CCN(Cc2ccc(CNC(=NC)NCc3ccc(OC)cc3)cc2)CC1.I. The molecule has 3 rings (SSSR count). The molecule has 0 amide bonds. The largest absolute Gasteiger partial charge is 0.497 e. The van der Waals surface area contributed by atoms with Gasteiger partial charge in [-0.1, -0.05) is 43.3 Å². The number of hydrogen-bond donors (Lipinski definition) is 2. The van der Waals surface area contributed by atoms with Crippen molar-refractivity contribution in [3.05, 3.63) is 65.2 Å². The van der Waals surface area contributed by atoms with Crippen LogP contribution in [0.25, 0.3) is 0 Å². The Morgan fingerprint density at radius 3 is 1.81 bits per heavy atom. The fourth-order valence-corrected chi connectivity index (χ4v) is 3.62. The zero-order valence-electron chi connectivity index (χ0n) is 18.9. The van der Waals surface area contributed by atoms with Crippen molar-refractivity contribution in [1.29, 1.82) is 0 Å².